The summed E-state index contributed by atoms with van der Waals surface area (Å²) in [6.07, 6.45) is 8.05. The molecule has 0 fully saturated rings. The van der Waals surface area contributed by atoms with Crippen LogP contribution in [0.2, 0.25) is 0 Å². The molecule has 0 aliphatic heterocycles. The molecule has 33 heavy (non-hydrogen) atoms. The number of rotatable bonds is 8. The number of hydrogen-bond acceptors (Lipinski definition) is 4. The zero-order valence-corrected chi connectivity index (χ0v) is 19.9. The van der Waals surface area contributed by atoms with E-state index in [9.17, 15) is 9.59 Å². The number of carbonyl (C=O) groups is 2. The summed E-state index contributed by atoms with van der Waals surface area (Å²) in [6, 6.07) is 11.6. The fraction of sp³-hybridized carbons (Fsp3) is 0.379. The summed E-state index contributed by atoms with van der Waals surface area (Å²) in [4.78, 5) is 26.7. The summed E-state index contributed by atoms with van der Waals surface area (Å²) in [6.45, 7) is 8.30. The molecule has 2 unspecified atom stereocenters. The highest BCUT2D eigenvalue weighted by molar-refractivity contribution is 6.04. The predicted molar refractivity (Wildman–Crippen MR) is 129 cm³/mol. The average molecular weight is 445 g/mol. The second-order valence-corrected chi connectivity index (χ2v) is 8.64. The summed E-state index contributed by atoms with van der Waals surface area (Å²) < 4.78 is 11.8. The largest absolute Gasteiger partial charge is 0.423 e. The number of fused-ring (bicyclic) bond motifs is 2. The van der Waals surface area contributed by atoms with Crippen LogP contribution in [0.4, 0.5) is 0 Å². The summed E-state index contributed by atoms with van der Waals surface area (Å²) in [5.74, 6) is 0.0734. The molecule has 2 aromatic rings. The van der Waals surface area contributed by atoms with Crippen molar-refractivity contribution in [1.82, 2.24) is 0 Å². The minimum Gasteiger partial charge on any atom is -0.423 e. The van der Waals surface area contributed by atoms with E-state index in [1.54, 1.807) is 0 Å². The van der Waals surface area contributed by atoms with Crippen LogP contribution in [0, 0.1) is 11.8 Å². The Morgan fingerprint density at radius 2 is 1.12 bits per heavy atom. The van der Waals surface area contributed by atoms with Crippen LogP contribution in [-0.4, -0.2) is 11.9 Å². The fourth-order valence-electron chi connectivity index (χ4n) is 5.24. The molecule has 2 aliphatic carbocycles. The van der Waals surface area contributed by atoms with Crippen LogP contribution in [-0.2, 0) is 35.3 Å². The van der Waals surface area contributed by atoms with Gasteiger partial charge in [0.2, 0.25) is 0 Å². The first-order valence-electron chi connectivity index (χ1n) is 12.1. The average Bonchev–Trinajstić information content (AvgIpc) is 3.45. The highest BCUT2D eigenvalue weighted by atomic mass is 16.5. The fourth-order valence-corrected chi connectivity index (χ4v) is 5.24. The van der Waals surface area contributed by atoms with Crippen molar-refractivity contribution in [2.24, 2.45) is 11.8 Å². The van der Waals surface area contributed by atoms with Crippen LogP contribution >= 0.6 is 0 Å². The molecule has 172 valence electrons. The highest BCUT2D eigenvalue weighted by Crippen LogP contribution is 2.45. The van der Waals surface area contributed by atoms with Crippen molar-refractivity contribution >= 4 is 11.9 Å². The van der Waals surface area contributed by atoms with E-state index in [4.69, 9.17) is 9.47 Å². The summed E-state index contributed by atoms with van der Waals surface area (Å²) in [7, 11) is 0. The monoisotopic (exact) mass is 444 g/mol. The SMILES string of the molecule is CCc1cccc(OC(=O)C2=C(C(=O)Oc3cccc(CC)c3CC)C3C=CC2C3)c1CC. The van der Waals surface area contributed by atoms with E-state index in [0.29, 0.717) is 22.6 Å². The van der Waals surface area contributed by atoms with Crippen molar-refractivity contribution in [3.63, 3.8) is 0 Å². The van der Waals surface area contributed by atoms with Crippen LogP contribution < -0.4 is 9.47 Å². The van der Waals surface area contributed by atoms with E-state index in [0.717, 1.165) is 43.2 Å². The maximum atomic E-state index is 13.3. The van der Waals surface area contributed by atoms with Gasteiger partial charge in [0.15, 0.2) is 0 Å². The second-order valence-electron chi connectivity index (χ2n) is 8.64. The molecule has 4 heteroatoms. The van der Waals surface area contributed by atoms with Gasteiger partial charge in [-0.15, -0.1) is 0 Å². The minimum absolute atomic E-state index is 0.0999. The van der Waals surface area contributed by atoms with Crippen molar-refractivity contribution in [1.29, 1.82) is 0 Å². The van der Waals surface area contributed by atoms with Gasteiger partial charge in [-0.2, -0.15) is 0 Å². The number of benzene rings is 2. The Kier molecular flexibility index (Phi) is 6.83. The number of aryl methyl sites for hydroxylation is 2. The third kappa shape index (κ3) is 4.27. The zero-order chi connectivity index (χ0) is 23.5. The normalized spacial score (nSPS) is 18.7. The number of esters is 2. The van der Waals surface area contributed by atoms with Gasteiger partial charge in [0.05, 0.1) is 11.1 Å². The van der Waals surface area contributed by atoms with E-state index < -0.39 is 11.9 Å². The Balaban J connectivity index is 1.65. The van der Waals surface area contributed by atoms with Crippen LogP contribution in [0.1, 0.15) is 56.4 Å². The smallest absolute Gasteiger partial charge is 0.340 e. The lowest BCUT2D eigenvalue weighted by Gasteiger charge is -2.18. The number of ether oxygens (including phenoxy) is 2. The Hall–Kier alpha value is -3.14. The Bertz CT molecular complexity index is 1050. The van der Waals surface area contributed by atoms with Gasteiger partial charge >= 0.3 is 11.9 Å². The van der Waals surface area contributed by atoms with Crippen molar-refractivity contribution in [2.45, 2.75) is 59.8 Å². The number of hydrogen-bond donors (Lipinski definition) is 0. The molecule has 0 radical (unpaired) electrons. The molecule has 0 N–H and O–H groups in total. The summed E-state index contributed by atoms with van der Waals surface area (Å²) >= 11 is 0. The molecular formula is C29H32O4. The van der Waals surface area contributed by atoms with Gasteiger partial charge in [-0.1, -0.05) is 64.1 Å². The molecule has 0 heterocycles. The Labute approximate surface area is 196 Å². The van der Waals surface area contributed by atoms with E-state index in [-0.39, 0.29) is 11.8 Å². The molecule has 4 rings (SSSR count). The first-order chi connectivity index (χ1) is 16.0. The van der Waals surface area contributed by atoms with Gasteiger partial charge in [-0.3, -0.25) is 0 Å². The van der Waals surface area contributed by atoms with E-state index in [1.807, 2.05) is 36.4 Å². The quantitative estimate of drug-likeness (QED) is 0.287. The molecule has 2 bridgehead atoms. The Morgan fingerprint density at radius 1 is 0.697 bits per heavy atom. The Morgan fingerprint density at radius 3 is 1.48 bits per heavy atom. The second kappa shape index (κ2) is 9.78. The van der Waals surface area contributed by atoms with Crippen LogP contribution in [0.3, 0.4) is 0 Å². The predicted octanol–water partition coefficient (Wildman–Crippen LogP) is 5.95. The lowest BCUT2D eigenvalue weighted by molar-refractivity contribution is -0.133. The zero-order valence-electron chi connectivity index (χ0n) is 19.9. The van der Waals surface area contributed by atoms with E-state index in [1.165, 1.54) is 11.1 Å². The van der Waals surface area contributed by atoms with E-state index >= 15 is 0 Å². The third-order valence-corrected chi connectivity index (χ3v) is 6.89. The maximum Gasteiger partial charge on any atom is 0.340 e. The summed E-state index contributed by atoms with van der Waals surface area (Å²) in [5, 5.41) is 0. The van der Waals surface area contributed by atoms with Crippen molar-refractivity contribution in [2.75, 3.05) is 0 Å². The molecule has 0 spiro atoms. The number of carbonyl (C=O) groups excluding carboxylic acids is 2. The van der Waals surface area contributed by atoms with Crippen LogP contribution in [0.15, 0.2) is 59.7 Å². The lowest BCUT2D eigenvalue weighted by Crippen LogP contribution is -2.23. The standard InChI is InChI=1S/C29H32O4/c1-5-18-11-9-13-24(22(18)7-3)32-28(30)26-20-15-16-21(17-20)27(26)29(31)33-25-14-10-12-19(6-2)23(25)8-4/h9-16,20-21H,5-8,17H2,1-4H3. The van der Waals surface area contributed by atoms with Crippen LogP contribution in [0.5, 0.6) is 11.5 Å². The summed E-state index contributed by atoms with van der Waals surface area (Å²) in [5.41, 5.74) is 5.32. The van der Waals surface area contributed by atoms with Gasteiger partial charge in [-0.05, 0) is 66.5 Å². The third-order valence-electron chi connectivity index (χ3n) is 6.89. The molecule has 0 saturated carbocycles. The first kappa shape index (κ1) is 23.0. The molecule has 0 amide bonds. The van der Waals surface area contributed by atoms with Crippen LogP contribution in [0.25, 0.3) is 0 Å². The molecule has 0 aromatic heterocycles. The van der Waals surface area contributed by atoms with Gasteiger partial charge in [0, 0.05) is 11.8 Å². The number of allylic oxidation sites excluding steroid dienone is 2. The van der Waals surface area contributed by atoms with Gasteiger partial charge in [0.1, 0.15) is 11.5 Å². The van der Waals surface area contributed by atoms with Crippen molar-refractivity contribution in [3.8, 4) is 11.5 Å². The van der Waals surface area contributed by atoms with E-state index in [2.05, 4.69) is 39.8 Å². The van der Waals surface area contributed by atoms with Crippen molar-refractivity contribution in [3.05, 3.63) is 82.0 Å². The molecule has 2 atom stereocenters. The molecule has 2 aliphatic rings. The molecular weight excluding hydrogens is 412 g/mol. The van der Waals surface area contributed by atoms with Gasteiger partial charge < -0.3 is 9.47 Å². The molecule has 2 aromatic carbocycles. The lowest BCUT2D eigenvalue weighted by atomic mass is 9.96. The molecule has 4 nitrogen and oxygen atoms in total. The van der Waals surface area contributed by atoms with Gasteiger partial charge in [0.25, 0.3) is 0 Å². The minimum atomic E-state index is -0.445. The topological polar surface area (TPSA) is 52.6 Å². The highest BCUT2D eigenvalue weighted by Gasteiger charge is 2.43. The first-order valence-corrected chi connectivity index (χ1v) is 12.1. The van der Waals surface area contributed by atoms with Gasteiger partial charge in [-0.25, -0.2) is 9.59 Å². The van der Waals surface area contributed by atoms with Crippen molar-refractivity contribution < 1.29 is 19.1 Å². The molecule has 0 saturated heterocycles. The maximum absolute atomic E-state index is 13.3.